The van der Waals surface area contributed by atoms with E-state index in [-0.39, 0.29) is 11.8 Å². The molecule has 0 bridgehead atoms. The molecule has 0 radical (unpaired) electrons. The highest BCUT2D eigenvalue weighted by molar-refractivity contribution is 6.88. The van der Waals surface area contributed by atoms with Crippen molar-refractivity contribution in [1.29, 1.82) is 0 Å². The lowest BCUT2D eigenvalue weighted by molar-refractivity contribution is -0.137. The first-order valence-corrected chi connectivity index (χ1v) is 13.0. The van der Waals surface area contributed by atoms with Gasteiger partial charge in [0.05, 0.1) is 13.6 Å². The van der Waals surface area contributed by atoms with Crippen molar-refractivity contribution in [1.82, 2.24) is 9.88 Å². The first-order chi connectivity index (χ1) is 13.6. The minimum Gasteiger partial charge on any atom is -0.353 e. The molecule has 0 saturated carbocycles. The number of aromatic nitrogens is 1. The molecule has 1 aliphatic heterocycles. The third kappa shape index (κ3) is 5.09. The van der Waals surface area contributed by atoms with Gasteiger partial charge in [-0.15, -0.1) is 0 Å². The maximum Gasteiger partial charge on any atom is 0.419 e. The Kier molecular flexibility index (Phi) is 5.88. The van der Waals surface area contributed by atoms with Crippen molar-refractivity contribution >= 4 is 30.8 Å². The molecule has 2 aromatic rings. The van der Waals surface area contributed by atoms with Crippen LogP contribution < -0.4 is 15.4 Å². The second-order valence-electron chi connectivity index (χ2n) is 8.10. The van der Waals surface area contributed by atoms with E-state index in [9.17, 15) is 18.0 Å². The van der Waals surface area contributed by atoms with Crippen LogP contribution in [-0.2, 0) is 6.18 Å². The van der Waals surface area contributed by atoms with E-state index in [2.05, 4.69) is 29.9 Å². The minimum absolute atomic E-state index is 0.0815. The Morgan fingerprint density at radius 1 is 1.03 bits per heavy atom. The van der Waals surface area contributed by atoms with Crippen LogP contribution in [0.1, 0.15) is 5.56 Å². The van der Waals surface area contributed by atoms with Crippen LogP contribution in [0, 0.1) is 0 Å². The van der Waals surface area contributed by atoms with Crippen molar-refractivity contribution in [3.63, 3.8) is 0 Å². The lowest BCUT2D eigenvalue weighted by Crippen LogP contribution is -2.50. The minimum atomic E-state index is -4.46. The number of piperazine rings is 1. The Balaban J connectivity index is 1.61. The van der Waals surface area contributed by atoms with E-state index in [0.717, 1.165) is 6.07 Å². The normalized spacial score (nSPS) is 15.4. The number of benzene rings is 1. The zero-order valence-electron chi connectivity index (χ0n) is 16.8. The first kappa shape index (κ1) is 21.2. The van der Waals surface area contributed by atoms with Crippen molar-refractivity contribution in [3.05, 3.63) is 48.2 Å². The van der Waals surface area contributed by atoms with Crippen LogP contribution in [0.25, 0.3) is 0 Å². The van der Waals surface area contributed by atoms with Gasteiger partial charge in [0.25, 0.3) is 0 Å². The third-order valence-electron chi connectivity index (χ3n) is 4.96. The predicted octanol–water partition coefficient (Wildman–Crippen LogP) is 4.00. The number of nitrogens with zero attached hydrogens (tertiary/aromatic N) is 3. The number of carbonyl (C=O) groups excluding carboxylic acids is 1. The summed E-state index contributed by atoms with van der Waals surface area (Å²) in [5.74, 6) is -0.0815. The van der Waals surface area contributed by atoms with Gasteiger partial charge in [0.2, 0.25) is 0 Å². The Hall–Kier alpha value is -2.55. The van der Waals surface area contributed by atoms with Gasteiger partial charge in [-0.05, 0) is 24.3 Å². The van der Waals surface area contributed by atoms with Gasteiger partial charge in [-0.2, -0.15) is 13.2 Å². The quantitative estimate of drug-likeness (QED) is 0.761. The molecule has 5 nitrogen and oxygen atoms in total. The number of halogens is 3. The van der Waals surface area contributed by atoms with Gasteiger partial charge in [0, 0.05) is 38.1 Å². The van der Waals surface area contributed by atoms with Gasteiger partial charge in [-0.1, -0.05) is 37.0 Å². The van der Waals surface area contributed by atoms with Crippen LogP contribution in [0.2, 0.25) is 19.6 Å². The summed E-state index contributed by atoms with van der Waals surface area (Å²) >= 11 is 0. The standard InChI is InChI=1S/C20H25F3N4OSi/c1-29(2,3)16-8-6-15(7-9-16)25-19(28)27-13-11-26(12-14-27)18-17(20(21,22)23)5-4-10-24-18/h4-10H,11-14H2,1-3H3,(H,25,28). The summed E-state index contributed by atoms with van der Waals surface area (Å²) in [6.45, 7) is 8.01. The number of alkyl halides is 3. The highest BCUT2D eigenvalue weighted by Crippen LogP contribution is 2.35. The van der Waals surface area contributed by atoms with E-state index in [1.54, 1.807) is 9.80 Å². The van der Waals surface area contributed by atoms with Crippen molar-refractivity contribution in [2.75, 3.05) is 36.4 Å². The number of amides is 2. The molecule has 0 atom stereocenters. The fourth-order valence-electron chi connectivity index (χ4n) is 3.25. The van der Waals surface area contributed by atoms with Crippen molar-refractivity contribution in [2.45, 2.75) is 25.8 Å². The van der Waals surface area contributed by atoms with Gasteiger partial charge >= 0.3 is 12.2 Å². The fourth-order valence-corrected chi connectivity index (χ4v) is 4.41. The Labute approximate surface area is 169 Å². The van der Waals surface area contributed by atoms with Gasteiger partial charge in [0.1, 0.15) is 5.82 Å². The molecule has 1 saturated heterocycles. The van der Waals surface area contributed by atoms with E-state index in [1.807, 2.05) is 24.3 Å². The average molecular weight is 423 g/mol. The molecule has 2 amide bonds. The average Bonchev–Trinajstić information content (AvgIpc) is 2.67. The summed E-state index contributed by atoms with van der Waals surface area (Å²) in [6.07, 6.45) is -3.10. The number of hydrogen-bond acceptors (Lipinski definition) is 3. The Morgan fingerprint density at radius 3 is 2.21 bits per heavy atom. The number of anilines is 2. The third-order valence-corrected chi connectivity index (χ3v) is 7.03. The number of rotatable bonds is 3. The monoisotopic (exact) mass is 422 g/mol. The van der Waals surface area contributed by atoms with E-state index >= 15 is 0 Å². The second-order valence-corrected chi connectivity index (χ2v) is 13.2. The van der Waals surface area contributed by atoms with Gasteiger partial charge in [-0.25, -0.2) is 9.78 Å². The smallest absolute Gasteiger partial charge is 0.353 e. The number of hydrogen-bond donors (Lipinski definition) is 1. The largest absolute Gasteiger partial charge is 0.419 e. The van der Waals surface area contributed by atoms with Gasteiger partial charge in [0.15, 0.2) is 0 Å². The predicted molar refractivity (Wildman–Crippen MR) is 111 cm³/mol. The van der Waals surface area contributed by atoms with Gasteiger partial charge in [-0.3, -0.25) is 0 Å². The lowest BCUT2D eigenvalue weighted by Gasteiger charge is -2.36. The summed E-state index contributed by atoms with van der Waals surface area (Å²) in [5, 5.41) is 4.17. The number of nitrogens with one attached hydrogen (secondary N) is 1. The van der Waals surface area contributed by atoms with E-state index in [1.165, 1.54) is 17.4 Å². The number of carbonyl (C=O) groups is 1. The zero-order valence-corrected chi connectivity index (χ0v) is 17.8. The highest BCUT2D eigenvalue weighted by atomic mass is 28.3. The molecule has 0 aliphatic carbocycles. The van der Waals surface area contributed by atoms with E-state index in [0.29, 0.717) is 31.9 Å². The summed E-state index contributed by atoms with van der Waals surface area (Å²) in [5.41, 5.74) is -0.0381. The molecule has 1 aromatic heterocycles. The summed E-state index contributed by atoms with van der Waals surface area (Å²) in [6, 6.07) is 9.94. The molecule has 156 valence electrons. The molecular formula is C20H25F3N4OSi. The van der Waals surface area contributed by atoms with Crippen molar-refractivity contribution in [2.24, 2.45) is 0 Å². The molecule has 1 N–H and O–H groups in total. The Morgan fingerprint density at radius 2 is 1.66 bits per heavy atom. The summed E-state index contributed by atoms with van der Waals surface area (Å²) in [4.78, 5) is 19.6. The summed E-state index contributed by atoms with van der Waals surface area (Å²) in [7, 11) is -1.40. The second kappa shape index (κ2) is 8.06. The van der Waals surface area contributed by atoms with Crippen LogP contribution in [-0.4, -0.2) is 50.2 Å². The molecule has 0 unspecified atom stereocenters. The maximum absolute atomic E-state index is 13.2. The molecule has 3 rings (SSSR count). The van der Waals surface area contributed by atoms with E-state index in [4.69, 9.17) is 0 Å². The molecule has 1 fully saturated rings. The maximum atomic E-state index is 13.2. The van der Waals surface area contributed by atoms with Gasteiger partial charge < -0.3 is 15.1 Å². The van der Waals surface area contributed by atoms with Crippen LogP contribution >= 0.6 is 0 Å². The highest BCUT2D eigenvalue weighted by Gasteiger charge is 2.36. The van der Waals surface area contributed by atoms with Crippen LogP contribution in [0.15, 0.2) is 42.6 Å². The SMILES string of the molecule is C[Si](C)(C)c1ccc(NC(=O)N2CCN(c3ncccc3C(F)(F)F)CC2)cc1. The molecule has 2 heterocycles. The fraction of sp³-hybridized carbons (Fsp3) is 0.400. The lowest BCUT2D eigenvalue weighted by atomic mass is 10.2. The molecule has 29 heavy (non-hydrogen) atoms. The first-order valence-electron chi connectivity index (χ1n) is 9.49. The van der Waals surface area contributed by atoms with Crippen molar-refractivity contribution in [3.8, 4) is 0 Å². The molecular weight excluding hydrogens is 397 g/mol. The molecule has 9 heteroatoms. The van der Waals surface area contributed by atoms with E-state index < -0.39 is 19.8 Å². The zero-order chi connectivity index (χ0) is 21.2. The number of pyridine rings is 1. The number of urea groups is 1. The Bertz CT molecular complexity index is 857. The molecule has 1 aliphatic rings. The topological polar surface area (TPSA) is 48.5 Å². The van der Waals surface area contributed by atoms with Crippen LogP contribution in [0.3, 0.4) is 0 Å². The summed E-state index contributed by atoms with van der Waals surface area (Å²) < 4.78 is 39.6. The van der Waals surface area contributed by atoms with Crippen LogP contribution in [0.5, 0.6) is 0 Å². The molecule has 1 aromatic carbocycles. The van der Waals surface area contributed by atoms with Crippen LogP contribution in [0.4, 0.5) is 29.5 Å². The van der Waals surface area contributed by atoms with Crippen molar-refractivity contribution < 1.29 is 18.0 Å². The molecule has 0 spiro atoms.